The number of carbonyl (C=O) groups is 1. The predicted octanol–water partition coefficient (Wildman–Crippen LogP) is 6.20. The van der Waals surface area contributed by atoms with Crippen LogP contribution >= 0.6 is 38.5 Å². The molecule has 0 saturated carbocycles. The van der Waals surface area contributed by atoms with Gasteiger partial charge in [-0.05, 0) is 77.0 Å². The van der Waals surface area contributed by atoms with E-state index in [0.29, 0.717) is 34.8 Å². The third kappa shape index (κ3) is 5.54. The zero-order valence-corrected chi connectivity index (χ0v) is 22.3. The molecule has 178 valence electrons. The fourth-order valence-corrected chi connectivity index (χ4v) is 4.71. The summed E-state index contributed by atoms with van der Waals surface area (Å²) in [5.74, 6) is 0.470. The predicted molar refractivity (Wildman–Crippen MR) is 143 cm³/mol. The van der Waals surface area contributed by atoms with E-state index in [1.54, 1.807) is 32.2 Å². The van der Waals surface area contributed by atoms with Crippen LogP contribution in [0, 0.1) is 20.6 Å². The minimum Gasteiger partial charge on any atom is -0.493 e. The van der Waals surface area contributed by atoms with Crippen molar-refractivity contribution in [2.24, 2.45) is 4.99 Å². The quantitative estimate of drug-likeness (QED) is 0.0994. The standard InChI is InChI=1S/C25H18BrIN2O6/c1-14-18(7-4-8-21(14)29(31)32)24-28-20(25(30)35-24)11-16-10-19(27)23(22(12-16)33-2)34-13-15-5-3-6-17(26)9-15/h3-12H,13H2,1-2H3/b20-11-. The molecular weight excluding hydrogens is 631 g/mol. The molecule has 0 aliphatic carbocycles. The molecule has 0 unspecified atom stereocenters. The molecule has 0 amide bonds. The lowest BCUT2D eigenvalue weighted by atomic mass is 10.1. The molecule has 0 aromatic heterocycles. The average Bonchev–Trinajstić information content (AvgIpc) is 3.17. The minimum absolute atomic E-state index is 0.0260. The fraction of sp³-hybridized carbons (Fsp3) is 0.120. The van der Waals surface area contributed by atoms with Gasteiger partial charge < -0.3 is 14.2 Å². The molecule has 35 heavy (non-hydrogen) atoms. The summed E-state index contributed by atoms with van der Waals surface area (Å²) >= 11 is 5.60. The molecule has 0 spiro atoms. The first-order valence-corrected chi connectivity index (χ1v) is 12.2. The van der Waals surface area contributed by atoms with E-state index < -0.39 is 10.9 Å². The van der Waals surface area contributed by atoms with E-state index in [1.807, 2.05) is 30.3 Å². The van der Waals surface area contributed by atoms with Crippen LogP contribution < -0.4 is 9.47 Å². The van der Waals surface area contributed by atoms with Gasteiger partial charge in [-0.1, -0.05) is 34.1 Å². The van der Waals surface area contributed by atoms with E-state index >= 15 is 0 Å². The number of halogens is 2. The highest BCUT2D eigenvalue weighted by Gasteiger charge is 2.27. The Bertz CT molecular complexity index is 1400. The molecule has 3 aromatic rings. The van der Waals surface area contributed by atoms with Crippen molar-refractivity contribution in [2.45, 2.75) is 13.5 Å². The molecule has 4 rings (SSSR count). The summed E-state index contributed by atoms with van der Waals surface area (Å²) in [6.07, 6.45) is 1.57. The van der Waals surface area contributed by atoms with E-state index in [2.05, 4.69) is 43.5 Å². The van der Waals surface area contributed by atoms with Crippen molar-refractivity contribution >= 4 is 62.2 Å². The van der Waals surface area contributed by atoms with Gasteiger partial charge in [0.15, 0.2) is 17.2 Å². The summed E-state index contributed by atoms with van der Waals surface area (Å²) < 4.78 is 18.6. The van der Waals surface area contributed by atoms with Crippen LogP contribution in [0.15, 0.2) is 69.8 Å². The highest BCUT2D eigenvalue weighted by atomic mass is 127. The largest absolute Gasteiger partial charge is 0.493 e. The van der Waals surface area contributed by atoms with Gasteiger partial charge in [-0.25, -0.2) is 9.79 Å². The van der Waals surface area contributed by atoms with Crippen LogP contribution in [0.5, 0.6) is 11.5 Å². The maximum atomic E-state index is 12.5. The Kier molecular flexibility index (Phi) is 7.51. The normalized spacial score (nSPS) is 14.0. The van der Waals surface area contributed by atoms with Crippen molar-refractivity contribution in [3.05, 3.63) is 101 Å². The number of hydrogen-bond donors (Lipinski definition) is 0. The topological polar surface area (TPSA) is 100 Å². The average molecular weight is 649 g/mol. The molecule has 0 radical (unpaired) electrons. The SMILES string of the molecule is COc1cc(/C=C2\N=C(c3cccc([N+](=O)[O-])c3C)OC2=O)cc(I)c1OCc1cccc(Br)c1. The number of rotatable bonds is 7. The summed E-state index contributed by atoms with van der Waals surface area (Å²) in [5.41, 5.74) is 2.42. The Morgan fingerprint density at radius 2 is 1.97 bits per heavy atom. The first-order chi connectivity index (χ1) is 16.8. The second-order valence-electron chi connectivity index (χ2n) is 7.50. The van der Waals surface area contributed by atoms with Gasteiger partial charge in [0.2, 0.25) is 5.90 Å². The van der Waals surface area contributed by atoms with E-state index in [4.69, 9.17) is 14.2 Å². The Morgan fingerprint density at radius 1 is 1.20 bits per heavy atom. The molecule has 1 aliphatic rings. The lowest BCUT2D eigenvalue weighted by Crippen LogP contribution is -2.08. The zero-order valence-electron chi connectivity index (χ0n) is 18.6. The number of nitro groups is 1. The number of nitro benzene ring substituents is 1. The molecule has 0 fully saturated rings. The summed E-state index contributed by atoms with van der Waals surface area (Å²) in [6, 6.07) is 15.9. The second-order valence-corrected chi connectivity index (χ2v) is 9.57. The van der Waals surface area contributed by atoms with E-state index in [9.17, 15) is 14.9 Å². The molecule has 3 aromatic carbocycles. The van der Waals surface area contributed by atoms with Crippen molar-refractivity contribution in [1.29, 1.82) is 0 Å². The third-order valence-corrected chi connectivity index (χ3v) is 6.47. The van der Waals surface area contributed by atoms with Gasteiger partial charge >= 0.3 is 5.97 Å². The molecule has 0 N–H and O–H groups in total. The lowest BCUT2D eigenvalue weighted by Gasteiger charge is -2.14. The number of benzene rings is 3. The Balaban J connectivity index is 1.62. The van der Waals surface area contributed by atoms with Gasteiger partial charge in [0, 0.05) is 21.7 Å². The van der Waals surface area contributed by atoms with Gasteiger partial charge in [0.1, 0.15) is 6.61 Å². The molecule has 10 heteroatoms. The van der Waals surface area contributed by atoms with Gasteiger partial charge in [-0.15, -0.1) is 0 Å². The van der Waals surface area contributed by atoms with Crippen molar-refractivity contribution in [1.82, 2.24) is 0 Å². The van der Waals surface area contributed by atoms with E-state index in [-0.39, 0.29) is 17.3 Å². The van der Waals surface area contributed by atoms with Crippen molar-refractivity contribution in [3.8, 4) is 11.5 Å². The van der Waals surface area contributed by atoms with Crippen LogP contribution in [-0.2, 0) is 16.1 Å². The molecule has 8 nitrogen and oxygen atoms in total. The first kappa shape index (κ1) is 24.9. The van der Waals surface area contributed by atoms with Gasteiger partial charge in [0.05, 0.1) is 15.6 Å². The molecule has 1 heterocycles. The molecule has 0 atom stereocenters. The number of methoxy groups -OCH3 is 1. The number of nitrogens with zero attached hydrogens (tertiary/aromatic N) is 2. The van der Waals surface area contributed by atoms with Crippen LogP contribution in [-0.4, -0.2) is 23.9 Å². The maximum Gasteiger partial charge on any atom is 0.363 e. The molecule has 0 saturated heterocycles. The number of cyclic esters (lactones) is 1. The zero-order chi connectivity index (χ0) is 25.1. The fourth-order valence-electron chi connectivity index (χ4n) is 3.48. The van der Waals surface area contributed by atoms with E-state index in [1.165, 1.54) is 12.1 Å². The van der Waals surface area contributed by atoms with Gasteiger partial charge in [0.25, 0.3) is 5.69 Å². The minimum atomic E-state index is -0.644. The first-order valence-electron chi connectivity index (χ1n) is 10.3. The van der Waals surface area contributed by atoms with Crippen molar-refractivity contribution in [2.75, 3.05) is 7.11 Å². The third-order valence-electron chi connectivity index (χ3n) is 5.18. The highest BCUT2D eigenvalue weighted by Crippen LogP contribution is 2.36. The Labute approximate surface area is 223 Å². The number of esters is 1. The summed E-state index contributed by atoms with van der Waals surface area (Å²) in [4.78, 5) is 27.5. The van der Waals surface area contributed by atoms with Gasteiger partial charge in [-0.3, -0.25) is 10.1 Å². The summed E-state index contributed by atoms with van der Waals surface area (Å²) in [5, 5.41) is 11.2. The Morgan fingerprint density at radius 3 is 2.69 bits per heavy atom. The number of hydrogen-bond acceptors (Lipinski definition) is 7. The van der Waals surface area contributed by atoms with Crippen LogP contribution in [0.2, 0.25) is 0 Å². The highest BCUT2D eigenvalue weighted by molar-refractivity contribution is 14.1. The molecule has 1 aliphatic heterocycles. The van der Waals surface area contributed by atoms with E-state index in [0.717, 1.165) is 13.6 Å². The number of carbonyl (C=O) groups excluding carboxylic acids is 1. The van der Waals surface area contributed by atoms with Crippen LogP contribution in [0.4, 0.5) is 5.69 Å². The second kappa shape index (κ2) is 10.6. The molecular formula is C25H18BrIN2O6. The molecule has 0 bridgehead atoms. The van der Waals surface area contributed by atoms with Crippen molar-refractivity contribution < 1.29 is 23.9 Å². The summed E-state index contributed by atoms with van der Waals surface area (Å²) in [7, 11) is 1.54. The smallest absolute Gasteiger partial charge is 0.363 e. The maximum absolute atomic E-state index is 12.5. The van der Waals surface area contributed by atoms with Gasteiger partial charge in [-0.2, -0.15) is 0 Å². The monoisotopic (exact) mass is 648 g/mol. The summed E-state index contributed by atoms with van der Waals surface area (Å²) in [6.45, 7) is 1.94. The Hall–Kier alpha value is -3.25. The van der Waals surface area contributed by atoms with Crippen LogP contribution in [0.3, 0.4) is 0 Å². The van der Waals surface area contributed by atoms with Crippen LogP contribution in [0.25, 0.3) is 6.08 Å². The van der Waals surface area contributed by atoms with Crippen molar-refractivity contribution in [3.63, 3.8) is 0 Å². The number of ether oxygens (including phenoxy) is 3. The lowest BCUT2D eigenvalue weighted by molar-refractivity contribution is -0.385. The number of aliphatic imine (C=N–C) groups is 1. The van der Waals surface area contributed by atoms with Crippen LogP contribution in [0.1, 0.15) is 22.3 Å².